The number of nitrogens with zero attached hydrogens (tertiary/aromatic N) is 2. The molecule has 1 saturated carbocycles. The molecule has 1 unspecified atom stereocenters. The fraction of sp³-hybridized carbons (Fsp3) is 0.750. The van der Waals surface area contributed by atoms with Gasteiger partial charge in [0.25, 0.3) is 0 Å². The van der Waals surface area contributed by atoms with Gasteiger partial charge in [-0.25, -0.2) is 0 Å². The summed E-state index contributed by atoms with van der Waals surface area (Å²) >= 11 is 1.76. The molecular formula is C12H20N2OS. The molecule has 0 saturated heterocycles. The van der Waals surface area contributed by atoms with E-state index in [1.807, 2.05) is 6.92 Å². The van der Waals surface area contributed by atoms with Crippen LogP contribution in [-0.4, -0.2) is 26.7 Å². The lowest BCUT2D eigenvalue weighted by atomic mass is 10.3. The van der Waals surface area contributed by atoms with Crippen molar-refractivity contribution in [1.29, 1.82) is 0 Å². The first-order valence-corrected chi connectivity index (χ1v) is 7.11. The van der Waals surface area contributed by atoms with Crippen LogP contribution in [0.15, 0.2) is 12.3 Å². The van der Waals surface area contributed by atoms with Crippen LogP contribution in [0.1, 0.15) is 44.3 Å². The Balaban J connectivity index is 1.86. The van der Waals surface area contributed by atoms with Gasteiger partial charge in [0, 0.05) is 17.2 Å². The van der Waals surface area contributed by atoms with Crippen LogP contribution in [-0.2, 0) is 5.75 Å². The summed E-state index contributed by atoms with van der Waals surface area (Å²) < 4.78 is 2.13. The summed E-state index contributed by atoms with van der Waals surface area (Å²) in [4.78, 5) is 0. The highest BCUT2D eigenvalue weighted by atomic mass is 32.2. The van der Waals surface area contributed by atoms with Crippen molar-refractivity contribution >= 4 is 11.8 Å². The molecule has 1 aromatic rings. The van der Waals surface area contributed by atoms with Crippen LogP contribution in [0.4, 0.5) is 0 Å². The maximum Gasteiger partial charge on any atom is 0.0723 e. The molecule has 16 heavy (non-hydrogen) atoms. The van der Waals surface area contributed by atoms with Crippen LogP contribution in [0.2, 0.25) is 0 Å². The van der Waals surface area contributed by atoms with E-state index in [0.29, 0.717) is 11.3 Å². The number of aliphatic hydroxyl groups excluding tert-OH is 1. The maximum absolute atomic E-state index is 8.94. The van der Waals surface area contributed by atoms with Gasteiger partial charge in [-0.3, -0.25) is 4.68 Å². The second-order valence-electron chi connectivity index (χ2n) is 4.53. The summed E-state index contributed by atoms with van der Waals surface area (Å²) in [5.41, 5.74) is 1.14. The van der Waals surface area contributed by atoms with Crippen LogP contribution in [0, 0.1) is 0 Å². The van der Waals surface area contributed by atoms with Crippen molar-refractivity contribution in [2.45, 2.75) is 49.7 Å². The van der Waals surface area contributed by atoms with E-state index >= 15 is 0 Å². The van der Waals surface area contributed by atoms with Gasteiger partial charge in [-0.05, 0) is 18.9 Å². The van der Waals surface area contributed by atoms with Gasteiger partial charge in [0.15, 0.2) is 0 Å². The van der Waals surface area contributed by atoms with Crippen molar-refractivity contribution in [2.24, 2.45) is 0 Å². The van der Waals surface area contributed by atoms with Crippen LogP contribution in [0.3, 0.4) is 0 Å². The molecule has 1 aliphatic rings. The van der Waals surface area contributed by atoms with Crippen molar-refractivity contribution in [2.75, 3.05) is 6.61 Å². The van der Waals surface area contributed by atoms with Crippen LogP contribution >= 0.6 is 11.8 Å². The monoisotopic (exact) mass is 240 g/mol. The third-order valence-electron chi connectivity index (χ3n) is 3.14. The highest BCUT2D eigenvalue weighted by molar-refractivity contribution is 7.99. The van der Waals surface area contributed by atoms with Gasteiger partial charge in [0.1, 0.15) is 0 Å². The fourth-order valence-corrected chi connectivity index (χ4v) is 2.82. The van der Waals surface area contributed by atoms with Crippen molar-refractivity contribution in [1.82, 2.24) is 9.78 Å². The molecule has 1 N–H and O–H groups in total. The lowest BCUT2D eigenvalue weighted by Gasteiger charge is -2.09. The Bertz CT molecular complexity index is 321. The molecule has 0 aromatic carbocycles. The quantitative estimate of drug-likeness (QED) is 0.859. The molecule has 0 amide bonds. The second kappa shape index (κ2) is 5.73. The van der Waals surface area contributed by atoms with E-state index in [-0.39, 0.29) is 6.61 Å². The number of hydrogen-bond acceptors (Lipinski definition) is 3. The van der Waals surface area contributed by atoms with E-state index in [0.717, 1.165) is 11.4 Å². The van der Waals surface area contributed by atoms with Crippen LogP contribution < -0.4 is 0 Å². The van der Waals surface area contributed by atoms with Crippen LogP contribution in [0.5, 0.6) is 0 Å². The van der Waals surface area contributed by atoms with Crippen molar-refractivity contribution in [3.63, 3.8) is 0 Å². The predicted molar refractivity (Wildman–Crippen MR) is 67.6 cm³/mol. The number of aromatic nitrogens is 2. The smallest absolute Gasteiger partial charge is 0.0723 e. The fourth-order valence-electron chi connectivity index (χ4n) is 2.11. The Morgan fingerprint density at radius 2 is 2.31 bits per heavy atom. The minimum Gasteiger partial charge on any atom is -0.395 e. The first-order chi connectivity index (χ1) is 7.79. The molecule has 1 aliphatic carbocycles. The Morgan fingerprint density at radius 3 is 3.00 bits per heavy atom. The molecular weight excluding hydrogens is 220 g/mol. The SMILES string of the molecule is CC(CO)SCc1ccn(C2CCCC2)n1. The van der Waals surface area contributed by atoms with Crippen molar-refractivity contribution < 1.29 is 5.11 Å². The summed E-state index contributed by atoms with van der Waals surface area (Å²) in [6, 6.07) is 2.74. The molecule has 0 bridgehead atoms. The van der Waals surface area contributed by atoms with Gasteiger partial charge in [0.05, 0.1) is 18.3 Å². The predicted octanol–water partition coefficient (Wildman–Crippen LogP) is 2.61. The molecule has 90 valence electrons. The zero-order valence-corrected chi connectivity index (χ0v) is 10.6. The molecule has 4 heteroatoms. The van der Waals surface area contributed by atoms with Gasteiger partial charge < -0.3 is 5.11 Å². The van der Waals surface area contributed by atoms with E-state index < -0.39 is 0 Å². The largest absolute Gasteiger partial charge is 0.395 e. The Labute approximate surface area is 101 Å². The van der Waals surface area contributed by atoms with E-state index in [1.54, 1.807) is 11.8 Å². The van der Waals surface area contributed by atoms with Crippen molar-refractivity contribution in [3.05, 3.63) is 18.0 Å². The first-order valence-electron chi connectivity index (χ1n) is 6.06. The number of thioether (sulfide) groups is 1. The molecule has 2 rings (SSSR count). The molecule has 1 atom stereocenters. The summed E-state index contributed by atoms with van der Waals surface area (Å²) in [7, 11) is 0. The second-order valence-corrected chi connectivity index (χ2v) is 5.96. The topological polar surface area (TPSA) is 38.0 Å². The molecule has 0 radical (unpaired) electrons. The van der Waals surface area contributed by atoms with E-state index in [1.165, 1.54) is 25.7 Å². The zero-order chi connectivity index (χ0) is 11.4. The molecule has 1 aromatic heterocycles. The Morgan fingerprint density at radius 1 is 1.56 bits per heavy atom. The summed E-state index contributed by atoms with van der Waals surface area (Å²) in [5.74, 6) is 0.904. The summed E-state index contributed by atoms with van der Waals surface area (Å²) in [6.07, 6.45) is 7.35. The van der Waals surface area contributed by atoms with E-state index in [2.05, 4.69) is 22.0 Å². The summed E-state index contributed by atoms with van der Waals surface area (Å²) in [5, 5.41) is 13.9. The minimum absolute atomic E-state index is 0.244. The molecule has 1 heterocycles. The highest BCUT2D eigenvalue weighted by Crippen LogP contribution is 2.29. The highest BCUT2D eigenvalue weighted by Gasteiger charge is 2.17. The average Bonchev–Trinajstić information content (AvgIpc) is 2.95. The first kappa shape index (κ1) is 12.0. The van der Waals surface area contributed by atoms with Crippen molar-refractivity contribution in [3.8, 4) is 0 Å². The van der Waals surface area contributed by atoms with E-state index in [9.17, 15) is 0 Å². The van der Waals surface area contributed by atoms with Crippen LogP contribution in [0.25, 0.3) is 0 Å². The minimum atomic E-state index is 0.244. The van der Waals surface area contributed by atoms with E-state index in [4.69, 9.17) is 5.11 Å². The zero-order valence-electron chi connectivity index (χ0n) is 9.80. The number of hydrogen-bond donors (Lipinski definition) is 1. The van der Waals surface area contributed by atoms with Gasteiger partial charge in [-0.15, -0.1) is 11.8 Å². The third kappa shape index (κ3) is 3.01. The Hall–Kier alpha value is -0.480. The third-order valence-corrected chi connectivity index (χ3v) is 4.32. The summed E-state index contributed by atoms with van der Waals surface area (Å²) in [6.45, 7) is 2.28. The molecule has 0 spiro atoms. The molecule has 3 nitrogen and oxygen atoms in total. The Kier molecular flexibility index (Phi) is 4.29. The van der Waals surface area contributed by atoms with Gasteiger partial charge >= 0.3 is 0 Å². The lowest BCUT2D eigenvalue weighted by molar-refractivity contribution is 0.300. The average molecular weight is 240 g/mol. The normalized spacial score (nSPS) is 19.1. The lowest BCUT2D eigenvalue weighted by Crippen LogP contribution is -2.06. The maximum atomic E-state index is 8.94. The van der Waals surface area contributed by atoms with Gasteiger partial charge in [-0.1, -0.05) is 19.8 Å². The standard InChI is InChI=1S/C12H20N2OS/c1-10(8-15)16-9-11-6-7-14(13-11)12-4-2-3-5-12/h6-7,10,12,15H,2-5,8-9H2,1H3. The van der Waals surface area contributed by atoms with Gasteiger partial charge in [-0.2, -0.15) is 5.10 Å². The molecule has 0 aliphatic heterocycles. The number of rotatable bonds is 5. The van der Waals surface area contributed by atoms with Gasteiger partial charge in [0.2, 0.25) is 0 Å². The molecule has 1 fully saturated rings. The number of aliphatic hydroxyl groups is 1.